The molecular weight excluding hydrogens is 136 g/mol. The average molecular weight is 140 g/mol. The Morgan fingerprint density at radius 2 is 1.71 bits per heavy atom. The molecule has 0 aliphatic rings. The fourth-order valence-corrected chi connectivity index (χ4v) is 0. The fraction of sp³-hybridized carbons (Fsp3) is 0.500. The van der Waals surface area contributed by atoms with Gasteiger partial charge in [0.1, 0.15) is 6.61 Å². The van der Waals surface area contributed by atoms with Gasteiger partial charge in [0, 0.05) is 0 Å². The van der Waals surface area contributed by atoms with E-state index in [1.54, 1.807) is 0 Å². The van der Waals surface area contributed by atoms with Gasteiger partial charge in [-0.1, -0.05) is 0 Å². The number of carboxylic acids is 1. The van der Waals surface area contributed by atoms with Crippen molar-refractivity contribution in [2.24, 2.45) is 0 Å². The quantitative estimate of drug-likeness (QED) is 0.455. The van der Waals surface area contributed by atoms with Crippen molar-refractivity contribution in [1.29, 1.82) is 0 Å². The molecule has 0 fully saturated rings. The molecule has 0 heterocycles. The number of aliphatic hydroxyl groups excluding tert-OH is 1. The van der Waals surface area contributed by atoms with E-state index in [4.69, 9.17) is 18.3 Å². The predicted molar refractivity (Wildman–Crippen MR) is 15.4 cm³/mol. The molecule has 0 aliphatic carbocycles. The molecule has 0 aromatic rings. The second-order valence-corrected chi connectivity index (χ2v) is 0.552. The van der Waals surface area contributed by atoms with Gasteiger partial charge in [-0.15, -0.1) is 0 Å². The van der Waals surface area contributed by atoms with Gasteiger partial charge in [-0.25, -0.2) is 4.79 Å². The molecule has 0 saturated carbocycles. The standard InChI is InChI=1S/C2H4O3.O.Ti/c3-1-2(4)5;;/h3H,1H2,(H,4,5);;. The fourth-order valence-electron chi connectivity index (χ4n) is 0. The van der Waals surface area contributed by atoms with E-state index in [0.717, 1.165) is 20.4 Å². The van der Waals surface area contributed by atoms with Crippen molar-refractivity contribution in [1.82, 2.24) is 0 Å². The van der Waals surface area contributed by atoms with Crippen molar-refractivity contribution < 1.29 is 38.7 Å². The summed E-state index contributed by atoms with van der Waals surface area (Å²) >= 11 is 0.750. The Morgan fingerprint density at radius 3 is 1.71 bits per heavy atom. The Hall–Kier alpha value is -0.0557. The molecule has 0 saturated heterocycles. The third-order valence-electron chi connectivity index (χ3n) is 0.135. The summed E-state index contributed by atoms with van der Waals surface area (Å²) in [6.07, 6.45) is 0. The summed E-state index contributed by atoms with van der Waals surface area (Å²) in [5.74, 6) is -1.19. The summed E-state index contributed by atoms with van der Waals surface area (Å²) in [5, 5.41) is 15.0. The van der Waals surface area contributed by atoms with Crippen molar-refractivity contribution in [2.75, 3.05) is 6.61 Å². The molecule has 40 valence electrons. The van der Waals surface area contributed by atoms with Crippen LogP contribution in [0.25, 0.3) is 0 Å². The molecule has 5 heteroatoms. The SMILES string of the molecule is O=C(O)CO.[O]=[Ti]. The Morgan fingerprint density at radius 1 is 1.57 bits per heavy atom. The van der Waals surface area contributed by atoms with Crippen molar-refractivity contribution in [3.8, 4) is 0 Å². The van der Waals surface area contributed by atoms with E-state index in [0.29, 0.717) is 0 Å². The van der Waals surface area contributed by atoms with Crippen LogP contribution in [0.15, 0.2) is 0 Å². The summed E-state index contributed by atoms with van der Waals surface area (Å²) in [6.45, 7) is -0.778. The van der Waals surface area contributed by atoms with Crippen molar-refractivity contribution in [3.05, 3.63) is 0 Å². The molecular formula is C2H4O4Ti. The van der Waals surface area contributed by atoms with E-state index in [-0.39, 0.29) is 0 Å². The summed E-state index contributed by atoms with van der Waals surface area (Å²) in [4.78, 5) is 9.12. The van der Waals surface area contributed by atoms with Gasteiger partial charge >= 0.3 is 29.7 Å². The van der Waals surface area contributed by atoms with E-state index >= 15 is 0 Å². The molecule has 0 aliphatic heterocycles. The molecule has 0 unspecified atom stereocenters. The Bertz CT molecular complexity index is 53.7. The van der Waals surface area contributed by atoms with Crippen LogP contribution in [0.4, 0.5) is 0 Å². The normalized spacial score (nSPS) is 5.71. The first-order valence-corrected chi connectivity index (χ1v) is 1.94. The molecule has 7 heavy (non-hydrogen) atoms. The van der Waals surface area contributed by atoms with Crippen molar-refractivity contribution in [3.63, 3.8) is 0 Å². The van der Waals surface area contributed by atoms with E-state index in [9.17, 15) is 0 Å². The average Bonchev–Trinajstić information content (AvgIpc) is 1.73. The number of hydrogen-bond donors (Lipinski definition) is 2. The van der Waals surface area contributed by atoms with Crippen LogP contribution in [-0.2, 0) is 28.5 Å². The van der Waals surface area contributed by atoms with E-state index < -0.39 is 12.6 Å². The molecule has 0 amide bonds. The van der Waals surface area contributed by atoms with Crippen LogP contribution in [0.1, 0.15) is 0 Å². The molecule has 0 aromatic carbocycles. The number of aliphatic carboxylic acids is 1. The number of carbonyl (C=O) groups is 1. The van der Waals surface area contributed by atoms with Gasteiger partial charge in [0.25, 0.3) is 0 Å². The Labute approximate surface area is 51.9 Å². The maximum absolute atomic E-state index is 9.12. The predicted octanol–water partition coefficient (Wildman–Crippen LogP) is -1.06. The molecule has 0 radical (unpaired) electrons. The maximum atomic E-state index is 9.12. The number of carboxylic acid groups (broad SMARTS) is 1. The van der Waals surface area contributed by atoms with Gasteiger partial charge in [-0.05, 0) is 0 Å². The summed E-state index contributed by atoms with van der Waals surface area (Å²) in [5.41, 5.74) is 0. The number of hydrogen-bond acceptors (Lipinski definition) is 3. The first-order valence-electron chi connectivity index (χ1n) is 1.30. The van der Waals surface area contributed by atoms with Crippen LogP contribution < -0.4 is 0 Å². The van der Waals surface area contributed by atoms with Crippen LogP contribution in [0.5, 0.6) is 0 Å². The van der Waals surface area contributed by atoms with Crippen LogP contribution in [0.2, 0.25) is 0 Å². The molecule has 0 rings (SSSR count). The molecule has 0 bridgehead atoms. The second-order valence-electron chi connectivity index (χ2n) is 0.552. The minimum absolute atomic E-state index is 0.750. The van der Waals surface area contributed by atoms with E-state index in [2.05, 4.69) is 0 Å². The van der Waals surface area contributed by atoms with Crippen LogP contribution in [0.3, 0.4) is 0 Å². The number of rotatable bonds is 1. The van der Waals surface area contributed by atoms with Gasteiger partial charge in [0.2, 0.25) is 0 Å². The molecule has 2 N–H and O–H groups in total. The first kappa shape index (κ1) is 10.0. The van der Waals surface area contributed by atoms with Crippen molar-refractivity contribution >= 4 is 5.97 Å². The summed E-state index contributed by atoms with van der Waals surface area (Å²) < 4.78 is 8.25. The zero-order chi connectivity index (χ0) is 6.28. The van der Waals surface area contributed by atoms with Crippen LogP contribution in [-0.4, -0.2) is 22.8 Å². The summed E-state index contributed by atoms with van der Waals surface area (Å²) in [7, 11) is 0. The first-order chi connectivity index (χ1) is 3.27. The zero-order valence-electron chi connectivity index (χ0n) is 3.42. The van der Waals surface area contributed by atoms with Crippen LogP contribution in [0, 0.1) is 0 Å². The molecule has 0 spiro atoms. The topological polar surface area (TPSA) is 74.6 Å². The third-order valence-corrected chi connectivity index (χ3v) is 0.135. The minimum atomic E-state index is -1.19. The molecule has 0 aromatic heterocycles. The van der Waals surface area contributed by atoms with Gasteiger partial charge in [0.15, 0.2) is 0 Å². The summed E-state index contributed by atoms with van der Waals surface area (Å²) in [6, 6.07) is 0. The van der Waals surface area contributed by atoms with Crippen LogP contribution >= 0.6 is 0 Å². The van der Waals surface area contributed by atoms with Gasteiger partial charge in [-0.3, -0.25) is 0 Å². The molecule has 4 nitrogen and oxygen atoms in total. The van der Waals surface area contributed by atoms with Gasteiger partial charge < -0.3 is 10.2 Å². The van der Waals surface area contributed by atoms with E-state index in [1.807, 2.05) is 0 Å². The number of aliphatic hydroxyl groups is 1. The van der Waals surface area contributed by atoms with Gasteiger partial charge in [0.05, 0.1) is 0 Å². The monoisotopic (exact) mass is 140 g/mol. The zero-order valence-corrected chi connectivity index (χ0v) is 4.98. The van der Waals surface area contributed by atoms with Crippen molar-refractivity contribution in [2.45, 2.75) is 0 Å². The van der Waals surface area contributed by atoms with E-state index in [1.165, 1.54) is 0 Å². The third kappa shape index (κ3) is 24.5. The van der Waals surface area contributed by atoms with Gasteiger partial charge in [-0.2, -0.15) is 0 Å². The Balaban J connectivity index is 0. The second kappa shape index (κ2) is 9.34. The Kier molecular flexibility index (Phi) is 13.4. The molecule has 0 atom stereocenters.